The zero-order valence-corrected chi connectivity index (χ0v) is 21.5. The second-order valence-electron chi connectivity index (χ2n) is 7.32. The lowest BCUT2D eigenvalue weighted by Gasteiger charge is -2.22. The van der Waals surface area contributed by atoms with Gasteiger partial charge in [-0.05, 0) is 59.5 Å². The van der Waals surface area contributed by atoms with Crippen molar-refractivity contribution in [3.63, 3.8) is 0 Å². The summed E-state index contributed by atoms with van der Waals surface area (Å²) in [5.41, 5.74) is 0.626. The van der Waals surface area contributed by atoms with E-state index in [0.717, 1.165) is 0 Å². The van der Waals surface area contributed by atoms with Crippen molar-refractivity contribution in [2.45, 2.75) is 18.0 Å². The van der Waals surface area contributed by atoms with Crippen molar-refractivity contribution in [1.29, 1.82) is 0 Å². The summed E-state index contributed by atoms with van der Waals surface area (Å²) < 4.78 is 41.9. The Balaban J connectivity index is 1.63. The molecule has 1 amide bonds. The van der Waals surface area contributed by atoms with Crippen molar-refractivity contribution in [2.24, 2.45) is 0 Å². The minimum Gasteiger partial charge on any atom is -0.493 e. The van der Waals surface area contributed by atoms with Gasteiger partial charge in [0.2, 0.25) is 0 Å². The van der Waals surface area contributed by atoms with Gasteiger partial charge in [0.25, 0.3) is 5.91 Å². The minimum absolute atomic E-state index is 0.0300. The molecule has 0 N–H and O–H groups in total. The van der Waals surface area contributed by atoms with Crippen LogP contribution in [0.2, 0.25) is 10.0 Å². The third-order valence-corrected chi connectivity index (χ3v) is 7.75. The van der Waals surface area contributed by atoms with Crippen LogP contribution < -0.4 is 8.92 Å². The predicted molar refractivity (Wildman–Crippen MR) is 134 cm³/mol. The number of nitrogens with zero attached hydrogens (tertiary/aromatic N) is 1. The molecule has 0 aliphatic heterocycles. The molecular weight excluding hydrogens is 533 g/mol. The van der Waals surface area contributed by atoms with Crippen LogP contribution in [0, 0.1) is 0 Å². The van der Waals surface area contributed by atoms with E-state index in [-0.39, 0.29) is 45.4 Å². The third kappa shape index (κ3) is 5.99. The van der Waals surface area contributed by atoms with Crippen LogP contribution in [0.15, 0.2) is 81.6 Å². The number of furan rings is 1. The standard InChI is InChI=1S/C24H19Cl2NO6S2/c1-31-21-9-6-16(12-22(21)33-35(29,30)18-7-8-19(25)20(26)13-18)14-27(15-17-4-2-10-32-17)24(28)23-5-3-11-34-23/h2-13H,14-15H2,1H3. The van der Waals surface area contributed by atoms with Crippen LogP contribution in [0.4, 0.5) is 0 Å². The fourth-order valence-electron chi connectivity index (χ4n) is 3.25. The first-order valence-corrected chi connectivity index (χ1v) is 13.2. The Labute approximate surface area is 216 Å². The van der Waals surface area contributed by atoms with Crippen LogP contribution in [-0.4, -0.2) is 26.3 Å². The highest BCUT2D eigenvalue weighted by atomic mass is 35.5. The molecule has 0 aliphatic rings. The highest BCUT2D eigenvalue weighted by Gasteiger charge is 2.23. The molecule has 0 unspecified atom stereocenters. The number of carbonyl (C=O) groups is 1. The molecule has 35 heavy (non-hydrogen) atoms. The van der Waals surface area contributed by atoms with Crippen molar-refractivity contribution < 1.29 is 26.5 Å². The van der Waals surface area contributed by atoms with Crippen molar-refractivity contribution >= 4 is 50.6 Å². The second-order valence-corrected chi connectivity index (χ2v) is 10.6. The number of hydrogen-bond acceptors (Lipinski definition) is 7. The summed E-state index contributed by atoms with van der Waals surface area (Å²) in [5.74, 6) is 0.609. The lowest BCUT2D eigenvalue weighted by Crippen LogP contribution is -2.29. The third-order valence-electron chi connectivity index (χ3n) is 4.93. The van der Waals surface area contributed by atoms with E-state index in [1.165, 1.54) is 49.0 Å². The molecule has 4 aromatic rings. The molecule has 0 spiro atoms. The van der Waals surface area contributed by atoms with Gasteiger partial charge in [-0.1, -0.05) is 35.3 Å². The van der Waals surface area contributed by atoms with Gasteiger partial charge < -0.3 is 18.2 Å². The lowest BCUT2D eigenvalue weighted by atomic mass is 10.1. The molecule has 0 bridgehead atoms. The summed E-state index contributed by atoms with van der Waals surface area (Å²) in [6.07, 6.45) is 1.54. The maximum Gasteiger partial charge on any atom is 0.339 e. The molecule has 0 aliphatic carbocycles. The van der Waals surface area contributed by atoms with Crippen LogP contribution in [0.5, 0.6) is 11.5 Å². The molecule has 0 radical (unpaired) electrons. The van der Waals surface area contributed by atoms with Crippen LogP contribution in [-0.2, 0) is 23.2 Å². The van der Waals surface area contributed by atoms with E-state index in [2.05, 4.69) is 0 Å². The summed E-state index contributed by atoms with van der Waals surface area (Å²) in [5, 5.41) is 2.13. The Morgan fingerprint density at radius 1 is 1.00 bits per heavy atom. The number of methoxy groups -OCH3 is 1. The summed E-state index contributed by atoms with van der Waals surface area (Å²) in [4.78, 5) is 15.2. The van der Waals surface area contributed by atoms with E-state index in [4.69, 9.17) is 36.5 Å². The van der Waals surface area contributed by atoms with E-state index in [1.54, 1.807) is 41.3 Å². The molecule has 4 rings (SSSR count). The van der Waals surface area contributed by atoms with Crippen molar-refractivity contribution in [2.75, 3.05) is 7.11 Å². The van der Waals surface area contributed by atoms with Gasteiger partial charge in [0.05, 0.1) is 34.8 Å². The Hall–Kier alpha value is -2.98. The maximum absolute atomic E-state index is 13.1. The summed E-state index contributed by atoms with van der Waals surface area (Å²) >= 11 is 13.2. The number of thiophene rings is 1. The number of hydrogen-bond donors (Lipinski definition) is 0. The van der Waals surface area contributed by atoms with Gasteiger partial charge in [-0.15, -0.1) is 11.3 Å². The van der Waals surface area contributed by atoms with Gasteiger partial charge in [-0.2, -0.15) is 8.42 Å². The van der Waals surface area contributed by atoms with Crippen LogP contribution in [0.3, 0.4) is 0 Å². The number of rotatable bonds is 9. The Morgan fingerprint density at radius 3 is 2.49 bits per heavy atom. The minimum atomic E-state index is -4.24. The lowest BCUT2D eigenvalue weighted by molar-refractivity contribution is 0.0722. The van der Waals surface area contributed by atoms with Gasteiger partial charge in [0, 0.05) is 6.54 Å². The molecule has 0 saturated heterocycles. The molecule has 11 heteroatoms. The van der Waals surface area contributed by atoms with E-state index < -0.39 is 10.1 Å². The second kappa shape index (κ2) is 10.7. The largest absolute Gasteiger partial charge is 0.493 e. The van der Waals surface area contributed by atoms with Crippen LogP contribution in [0.1, 0.15) is 21.0 Å². The van der Waals surface area contributed by atoms with Crippen molar-refractivity contribution in [1.82, 2.24) is 4.90 Å². The van der Waals surface area contributed by atoms with Crippen molar-refractivity contribution in [3.8, 4) is 11.5 Å². The molecular formula is C24H19Cl2NO6S2. The average molecular weight is 552 g/mol. The molecule has 2 aromatic heterocycles. The van der Waals surface area contributed by atoms with Gasteiger partial charge in [-0.3, -0.25) is 4.79 Å². The molecule has 2 aromatic carbocycles. The molecule has 182 valence electrons. The molecule has 0 saturated carbocycles. The van der Waals surface area contributed by atoms with E-state index >= 15 is 0 Å². The maximum atomic E-state index is 13.1. The zero-order valence-electron chi connectivity index (χ0n) is 18.3. The number of amides is 1. The summed E-state index contributed by atoms with van der Waals surface area (Å²) in [6, 6.07) is 15.8. The normalized spacial score (nSPS) is 11.3. The first-order chi connectivity index (χ1) is 16.8. The van der Waals surface area contributed by atoms with Gasteiger partial charge in [-0.25, -0.2) is 0 Å². The van der Waals surface area contributed by atoms with Crippen molar-refractivity contribution in [3.05, 3.63) is 98.6 Å². The summed E-state index contributed by atoms with van der Waals surface area (Å²) in [7, 11) is -2.84. The first kappa shape index (κ1) is 25.1. The quantitative estimate of drug-likeness (QED) is 0.228. The van der Waals surface area contributed by atoms with Crippen LogP contribution in [0.25, 0.3) is 0 Å². The fraction of sp³-hybridized carbons (Fsp3) is 0.125. The summed E-state index contributed by atoms with van der Waals surface area (Å²) in [6.45, 7) is 0.401. The van der Waals surface area contributed by atoms with Gasteiger partial charge in [0.1, 0.15) is 10.7 Å². The smallest absolute Gasteiger partial charge is 0.339 e. The number of halogens is 2. The van der Waals surface area contributed by atoms with Crippen LogP contribution >= 0.6 is 34.5 Å². The molecule has 7 nitrogen and oxygen atoms in total. The predicted octanol–water partition coefficient (Wildman–Crippen LogP) is 6.27. The Morgan fingerprint density at radius 2 is 1.83 bits per heavy atom. The number of carbonyl (C=O) groups excluding carboxylic acids is 1. The molecule has 2 heterocycles. The molecule has 0 fully saturated rings. The van der Waals surface area contributed by atoms with E-state index in [9.17, 15) is 13.2 Å². The molecule has 0 atom stereocenters. The van der Waals surface area contributed by atoms with Gasteiger partial charge >= 0.3 is 10.1 Å². The monoisotopic (exact) mass is 551 g/mol. The highest BCUT2D eigenvalue weighted by molar-refractivity contribution is 7.87. The zero-order chi connectivity index (χ0) is 25.0. The Bertz CT molecular complexity index is 1420. The number of benzene rings is 2. The Kier molecular flexibility index (Phi) is 7.71. The first-order valence-electron chi connectivity index (χ1n) is 10.2. The van der Waals surface area contributed by atoms with E-state index in [0.29, 0.717) is 16.2 Å². The topological polar surface area (TPSA) is 86.0 Å². The SMILES string of the molecule is COc1ccc(CN(Cc2ccco2)C(=O)c2cccs2)cc1OS(=O)(=O)c1ccc(Cl)c(Cl)c1. The highest BCUT2D eigenvalue weighted by Crippen LogP contribution is 2.33. The fourth-order valence-corrected chi connectivity index (χ4v) is 5.26. The van der Waals surface area contributed by atoms with Gasteiger partial charge in [0.15, 0.2) is 11.5 Å². The number of ether oxygens (including phenoxy) is 1. The average Bonchev–Trinajstić information content (AvgIpc) is 3.54. The van der Waals surface area contributed by atoms with E-state index in [1.807, 2.05) is 5.38 Å².